The molecule has 0 saturated carbocycles. The Morgan fingerprint density at radius 2 is 1.62 bits per heavy atom. The number of H-pyrrole nitrogens is 1. The van der Waals surface area contributed by atoms with Crippen LogP contribution in [0.4, 0.5) is 0 Å². The van der Waals surface area contributed by atoms with E-state index in [4.69, 9.17) is 0 Å². The van der Waals surface area contributed by atoms with Gasteiger partial charge in [-0.3, -0.25) is 0 Å². The minimum Gasteiger partial charge on any atom is -0.367 e. The van der Waals surface area contributed by atoms with E-state index in [0.29, 0.717) is 0 Å². The zero-order valence-electron chi connectivity index (χ0n) is 9.66. The molecule has 0 bridgehead atoms. The van der Waals surface area contributed by atoms with E-state index in [1.165, 1.54) is 16.7 Å². The maximum Gasteiger partial charge on any atom is 0.0223 e. The lowest BCUT2D eigenvalue weighted by atomic mass is 10.1. The van der Waals surface area contributed by atoms with E-state index in [9.17, 15) is 0 Å². The number of aryl methyl sites for hydroxylation is 1. The fraction of sp³-hybridized carbons (Fsp3) is 0.286. The smallest absolute Gasteiger partial charge is 0.0223 e. The summed E-state index contributed by atoms with van der Waals surface area (Å²) in [7, 11) is 0. The van der Waals surface area contributed by atoms with Gasteiger partial charge in [-0.05, 0) is 29.2 Å². The molecule has 0 aliphatic rings. The van der Waals surface area contributed by atoms with Crippen molar-refractivity contribution in [2.24, 2.45) is 0 Å². The van der Waals surface area contributed by atoms with Crippen molar-refractivity contribution in [3.05, 3.63) is 59.4 Å². The first-order chi connectivity index (χ1) is 7.88. The van der Waals surface area contributed by atoms with E-state index in [2.05, 4.69) is 47.6 Å². The van der Waals surface area contributed by atoms with Gasteiger partial charge in [0.1, 0.15) is 0 Å². The molecule has 0 unspecified atom stereocenters. The lowest BCUT2D eigenvalue weighted by Gasteiger charge is -2.04. The number of aromatic nitrogens is 1. The van der Waals surface area contributed by atoms with Crippen molar-refractivity contribution < 1.29 is 0 Å². The summed E-state index contributed by atoms with van der Waals surface area (Å²) in [6.07, 6.45) is 5.08. The summed E-state index contributed by atoms with van der Waals surface area (Å²) in [6.45, 7) is 4.02. The zero-order valence-corrected chi connectivity index (χ0v) is 9.66. The Kier molecular flexibility index (Phi) is 3.78. The van der Waals surface area contributed by atoms with Crippen molar-refractivity contribution in [1.82, 2.24) is 10.3 Å². The summed E-state index contributed by atoms with van der Waals surface area (Å²) in [5.41, 5.74) is 4.03. The van der Waals surface area contributed by atoms with Crippen molar-refractivity contribution in [1.29, 1.82) is 0 Å². The zero-order chi connectivity index (χ0) is 11.2. The van der Waals surface area contributed by atoms with Gasteiger partial charge in [0.25, 0.3) is 0 Å². The minimum absolute atomic E-state index is 0.916. The highest BCUT2D eigenvalue weighted by Crippen LogP contribution is 2.05. The van der Waals surface area contributed by atoms with Crippen molar-refractivity contribution in [2.75, 3.05) is 0 Å². The topological polar surface area (TPSA) is 27.8 Å². The molecule has 2 heteroatoms. The molecule has 2 nitrogen and oxygen atoms in total. The first-order valence-corrected chi connectivity index (χ1v) is 5.78. The van der Waals surface area contributed by atoms with Crippen LogP contribution in [0.2, 0.25) is 0 Å². The maximum absolute atomic E-state index is 3.42. The predicted octanol–water partition coefficient (Wildman–Crippen LogP) is 2.87. The van der Waals surface area contributed by atoms with E-state index < -0.39 is 0 Å². The molecule has 0 amide bonds. The standard InChI is InChI=1S/C14H18N2/c1-2-12-3-5-13(6-4-12)9-16-11-14-7-8-15-10-14/h3-8,10,15-16H,2,9,11H2,1H3. The van der Waals surface area contributed by atoms with Gasteiger partial charge in [0, 0.05) is 25.5 Å². The molecule has 0 fully saturated rings. The molecule has 0 saturated heterocycles. The van der Waals surface area contributed by atoms with Crippen LogP contribution in [0.25, 0.3) is 0 Å². The molecular weight excluding hydrogens is 196 g/mol. The lowest BCUT2D eigenvalue weighted by Crippen LogP contribution is -2.12. The second kappa shape index (κ2) is 5.52. The highest BCUT2D eigenvalue weighted by molar-refractivity contribution is 5.22. The van der Waals surface area contributed by atoms with Crippen LogP contribution in [0.3, 0.4) is 0 Å². The lowest BCUT2D eigenvalue weighted by molar-refractivity contribution is 0.694. The fourth-order valence-corrected chi connectivity index (χ4v) is 1.71. The van der Waals surface area contributed by atoms with Crippen LogP contribution in [-0.2, 0) is 19.5 Å². The Labute approximate surface area is 96.7 Å². The molecule has 0 radical (unpaired) electrons. The molecule has 0 aliphatic carbocycles. The minimum atomic E-state index is 0.916. The third-order valence-corrected chi connectivity index (χ3v) is 2.75. The first-order valence-electron chi connectivity index (χ1n) is 5.78. The third-order valence-electron chi connectivity index (χ3n) is 2.75. The van der Waals surface area contributed by atoms with Gasteiger partial charge in [-0.25, -0.2) is 0 Å². The van der Waals surface area contributed by atoms with Crippen molar-refractivity contribution in [2.45, 2.75) is 26.4 Å². The Hall–Kier alpha value is -1.54. The van der Waals surface area contributed by atoms with Gasteiger partial charge < -0.3 is 10.3 Å². The monoisotopic (exact) mass is 214 g/mol. The molecular formula is C14H18N2. The Morgan fingerprint density at radius 3 is 2.25 bits per heavy atom. The predicted molar refractivity (Wildman–Crippen MR) is 67.2 cm³/mol. The maximum atomic E-state index is 3.42. The number of nitrogens with one attached hydrogen (secondary N) is 2. The Morgan fingerprint density at radius 1 is 0.938 bits per heavy atom. The summed E-state index contributed by atoms with van der Waals surface area (Å²) in [6, 6.07) is 10.9. The van der Waals surface area contributed by atoms with Crippen molar-refractivity contribution in [3.63, 3.8) is 0 Å². The second-order valence-corrected chi connectivity index (χ2v) is 3.99. The molecule has 1 heterocycles. The number of hydrogen-bond acceptors (Lipinski definition) is 1. The molecule has 1 aromatic carbocycles. The van der Waals surface area contributed by atoms with Crippen LogP contribution in [0.5, 0.6) is 0 Å². The normalized spacial score (nSPS) is 10.6. The van der Waals surface area contributed by atoms with Crippen LogP contribution in [0.15, 0.2) is 42.7 Å². The average molecular weight is 214 g/mol. The van der Waals surface area contributed by atoms with Crippen molar-refractivity contribution >= 4 is 0 Å². The number of hydrogen-bond donors (Lipinski definition) is 2. The largest absolute Gasteiger partial charge is 0.367 e. The summed E-state index contributed by atoms with van der Waals surface area (Å²) >= 11 is 0. The first kappa shape index (κ1) is 11.0. The molecule has 2 N–H and O–H groups in total. The SMILES string of the molecule is CCc1ccc(CNCc2cc[nH]c2)cc1. The Balaban J connectivity index is 1.81. The van der Waals surface area contributed by atoms with E-state index in [0.717, 1.165) is 19.5 Å². The summed E-state index contributed by atoms with van der Waals surface area (Å²) < 4.78 is 0. The summed E-state index contributed by atoms with van der Waals surface area (Å²) in [5.74, 6) is 0. The van der Waals surface area contributed by atoms with Crippen LogP contribution < -0.4 is 5.32 Å². The quantitative estimate of drug-likeness (QED) is 0.787. The second-order valence-electron chi connectivity index (χ2n) is 3.99. The van der Waals surface area contributed by atoms with Gasteiger partial charge in [0.05, 0.1) is 0 Å². The highest BCUT2D eigenvalue weighted by Gasteiger charge is 1.95. The molecule has 0 spiro atoms. The van der Waals surface area contributed by atoms with Crippen molar-refractivity contribution in [3.8, 4) is 0 Å². The molecule has 0 atom stereocenters. The molecule has 0 aliphatic heterocycles. The van der Waals surface area contributed by atoms with Gasteiger partial charge in [0.2, 0.25) is 0 Å². The molecule has 2 aromatic rings. The molecule has 2 rings (SSSR count). The summed E-state index contributed by atoms with van der Waals surface area (Å²) in [4.78, 5) is 3.05. The highest BCUT2D eigenvalue weighted by atomic mass is 14.9. The van der Waals surface area contributed by atoms with Gasteiger partial charge in [-0.15, -0.1) is 0 Å². The van der Waals surface area contributed by atoms with Gasteiger partial charge >= 0.3 is 0 Å². The van der Waals surface area contributed by atoms with Crippen LogP contribution in [0.1, 0.15) is 23.6 Å². The number of benzene rings is 1. The molecule has 84 valence electrons. The van der Waals surface area contributed by atoms with Gasteiger partial charge in [-0.2, -0.15) is 0 Å². The van der Waals surface area contributed by atoms with Gasteiger partial charge in [0.15, 0.2) is 0 Å². The number of rotatable bonds is 5. The van der Waals surface area contributed by atoms with E-state index in [-0.39, 0.29) is 0 Å². The van der Waals surface area contributed by atoms with E-state index in [1.54, 1.807) is 0 Å². The Bertz CT molecular complexity index is 401. The summed E-state index contributed by atoms with van der Waals surface area (Å²) in [5, 5.41) is 3.42. The fourth-order valence-electron chi connectivity index (χ4n) is 1.71. The van der Waals surface area contributed by atoms with Crippen LogP contribution >= 0.6 is 0 Å². The number of aromatic amines is 1. The molecule has 16 heavy (non-hydrogen) atoms. The molecule has 1 aromatic heterocycles. The van der Waals surface area contributed by atoms with Crippen LogP contribution in [0, 0.1) is 0 Å². The van der Waals surface area contributed by atoms with E-state index >= 15 is 0 Å². The van der Waals surface area contributed by atoms with Gasteiger partial charge in [-0.1, -0.05) is 31.2 Å². The van der Waals surface area contributed by atoms with Crippen LogP contribution in [-0.4, -0.2) is 4.98 Å². The third kappa shape index (κ3) is 2.97. The van der Waals surface area contributed by atoms with E-state index in [1.807, 2.05) is 12.4 Å². The average Bonchev–Trinajstić information content (AvgIpc) is 2.83.